The molecule has 0 spiro atoms. The summed E-state index contributed by atoms with van der Waals surface area (Å²) in [6, 6.07) is 2.22. The molecule has 0 fully saturated rings. The van der Waals surface area contributed by atoms with Gasteiger partial charge in [-0.05, 0) is 37.9 Å². The minimum Gasteiger partial charge on any atom is -0.317 e. The van der Waals surface area contributed by atoms with E-state index in [9.17, 15) is 4.39 Å². The number of hydrogen-bond donors (Lipinski definition) is 1. The molecule has 1 aromatic heterocycles. The fourth-order valence-corrected chi connectivity index (χ4v) is 1.49. The number of hydrogen-bond acceptors (Lipinski definition) is 2. The van der Waals surface area contributed by atoms with Crippen LogP contribution in [-0.4, -0.2) is 18.1 Å². The van der Waals surface area contributed by atoms with Crippen molar-refractivity contribution >= 4 is 0 Å². The van der Waals surface area contributed by atoms with Gasteiger partial charge in [-0.1, -0.05) is 6.92 Å². The van der Waals surface area contributed by atoms with Gasteiger partial charge in [0.2, 0.25) is 0 Å². The van der Waals surface area contributed by atoms with Gasteiger partial charge in [0.15, 0.2) is 0 Å². The van der Waals surface area contributed by atoms with Gasteiger partial charge in [0.25, 0.3) is 0 Å². The molecule has 0 aliphatic heterocycles. The van der Waals surface area contributed by atoms with Crippen LogP contribution in [0.25, 0.3) is 0 Å². The number of rotatable bonds is 5. The Bertz CT molecular complexity index is 272. The van der Waals surface area contributed by atoms with E-state index in [2.05, 4.69) is 17.2 Å². The molecule has 1 heterocycles. The second kappa shape index (κ2) is 5.70. The molecule has 2 nitrogen and oxygen atoms in total. The van der Waals surface area contributed by atoms with E-state index in [1.807, 2.05) is 7.05 Å². The first-order valence-corrected chi connectivity index (χ1v) is 5.03. The Labute approximate surface area is 84.6 Å². The Balaban J connectivity index is 2.49. The molecule has 1 rings (SSSR count). The van der Waals surface area contributed by atoms with Crippen molar-refractivity contribution in [3.05, 3.63) is 29.8 Å². The van der Waals surface area contributed by atoms with Crippen molar-refractivity contribution < 1.29 is 4.39 Å². The molecule has 0 bridgehead atoms. The molecule has 0 amide bonds. The monoisotopic (exact) mass is 196 g/mol. The van der Waals surface area contributed by atoms with Crippen LogP contribution in [0.3, 0.4) is 0 Å². The smallest absolute Gasteiger partial charge is 0.144 e. The molecule has 0 saturated carbocycles. The van der Waals surface area contributed by atoms with Crippen molar-refractivity contribution in [3.8, 4) is 0 Å². The predicted molar refractivity (Wildman–Crippen MR) is 55.7 cm³/mol. The maximum absolute atomic E-state index is 13.2. The maximum Gasteiger partial charge on any atom is 0.144 e. The summed E-state index contributed by atoms with van der Waals surface area (Å²) in [5.74, 6) is -0.196. The van der Waals surface area contributed by atoms with E-state index in [1.165, 1.54) is 6.20 Å². The zero-order valence-corrected chi connectivity index (χ0v) is 8.76. The summed E-state index contributed by atoms with van der Waals surface area (Å²) >= 11 is 0. The van der Waals surface area contributed by atoms with E-state index in [1.54, 1.807) is 12.3 Å². The van der Waals surface area contributed by atoms with Crippen LogP contribution in [0.4, 0.5) is 4.39 Å². The van der Waals surface area contributed by atoms with Crippen molar-refractivity contribution in [2.75, 3.05) is 7.05 Å². The first kappa shape index (κ1) is 11.1. The van der Waals surface area contributed by atoms with Gasteiger partial charge in [-0.3, -0.25) is 4.98 Å². The topological polar surface area (TPSA) is 24.9 Å². The number of aromatic nitrogens is 1. The van der Waals surface area contributed by atoms with E-state index in [4.69, 9.17) is 0 Å². The molecule has 0 aliphatic carbocycles. The normalized spacial score (nSPS) is 12.8. The number of pyridine rings is 1. The highest BCUT2D eigenvalue weighted by molar-refractivity contribution is 5.12. The van der Waals surface area contributed by atoms with Crippen molar-refractivity contribution in [2.45, 2.75) is 32.2 Å². The molecule has 1 atom stereocenters. The molecule has 0 aromatic carbocycles. The second-order valence-electron chi connectivity index (χ2n) is 3.40. The van der Waals surface area contributed by atoms with Crippen LogP contribution in [0, 0.1) is 5.82 Å². The molecule has 3 heteroatoms. The number of aryl methyl sites for hydroxylation is 1. The predicted octanol–water partition coefficient (Wildman–Crippen LogP) is 2.15. The van der Waals surface area contributed by atoms with E-state index >= 15 is 0 Å². The summed E-state index contributed by atoms with van der Waals surface area (Å²) < 4.78 is 13.2. The Morgan fingerprint density at radius 3 is 2.93 bits per heavy atom. The van der Waals surface area contributed by atoms with Gasteiger partial charge in [0.1, 0.15) is 5.82 Å². The molecular formula is C11H17FN2. The summed E-state index contributed by atoms with van der Waals surface area (Å²) in [7, 11) is 1.94. The fourth-order valence-electron chi connectivity index (χ4n) is 1.49. The van der Waals surface area contributed by atoms with Gasteiger partial charge in [0.05, 0.1) is 6.20 Å². The highest BCUT2D eigenvalue weighted by Crippen LogP contribution is 2.09. The minimum absolute atomic E-state index is 0.196. The highest BCUT2D eigenvalue weighted by atomic mass is 19.1. The first-order chi connectivity index (χ1) is 6.77. The van der Waals surface area contributed by atoms with E-state index < -0.39 is 0 Å². The van der Waals surface area contributed by atoms with Gasteiger partial charge in [0, 0.05) is 12.2 Å². The Morgan fingerprint density at radius 1 is 1.57 bits per heavy atom. The van der Waals surface area contributed by atoms with Gasteiger partial charge in [-0.15, -0.1) is 0 Å². The quantitative estimate of drug-likeness (QED) is 0.780. The SMILES string of the molecule is CCC(CCc1ccncc1F)NC. The average molecular weight is 196 g/mol. The van der Waals surface area contributed by atoms with Crippen LogP contribution in [0.2, 0.25) is 0 Å². The van der Waals surface area contributed by atoms with Crippen LogP contribution < -0.4 is 5.32 Å². The lowest BCUT2D eigenvalue weighted by molar-refractivity contribution is 0.500. The van der Waals surface area contributed by atoms with E-state index in [-0.39, 0.29) is 5.82 Å². The fraction of sp³-hybridized carbons (Fsp3) is 0.545. The van der Waals surface area contributed by atoms with Crippen LogP contribution in [0.15, 0.2) is 18.5 Å². The van der Waals surface area contributed by atoms with Crippen molar-refractivity contribution in [2.24, 2.45) is 0 Å². The lowest BCUT2D eigenvalue weighted by Gasteiger charge is -2.13. The lowest BCUT2D eigenvalue weighted by Crippen LogP contribution is -2.24. The van der Waals surface area contributed by atoms with Crippen LogP contribution in [0.5, 0.6) is 0 Å². The molecular weight excluding hydrogens is 179 g/mol. The first-order valence-electron chi connectivity index (χ1n) is 5.03. The molecule has 14 heavy (non-hydrogen) atoms. The Hall–Kier alpha value is -0.960. The molecule has 78 valence electrons. The summed E-state index contributed by atoms with van der Waals surface area (Å²) in [6.07, 6.45) is 5.72. The summed E-state index contributed by atoms with van der Waals surface area (Å²) in [6.45, 7) is 2.13. The van der Waals surface area contributed by atoms with Crippen molar-refractivity contribution in [1.82, 2.24) is 10.3 Å². The van der Waals surface area contributed by atoms with Crippen LogP contribution in [0.1, 0.15) is 25.3 Å². The highest BCUT2D eigenvalue weighted by Gasteiger charge is 2.06. The maximum atomic E-state index is 13.2. The van der Waals surface area contributed by atoms with Gasteiger partial charge in [-0.25, -0.2) is 4.39 Å². The standard InChI is InChI=1S/C11H17FN2/c1-3-10(13-2)5-4-9-6-7-14-8-11(9)12/h6-8,10,13H,3-5H2,1-2H3. The van der Waals surface area contributed by atoms with Crippen molar-refractivity contribution in [1.29, 1.82) is 0 Å². The third-order valence-corrected chi connectivity index (χ3v) is 2.52. The third kappa shape index (κ3) is 3.07. The van der Waals surface area contributed by atoms with Crippen LogP contribution >= 0.6 is 0 Å². The minimum atomic E-state index is -0.196. The van der Waals surface area contributed by atoms with Crippen LogP contribution in [-0.2, 0) is 6.42 Å². The average Bonchev–Trinajstić information content (AvgIpc) is 2.22. The summed E-state index contributed by atoms with van der Waals surface area (Å²) in [5.41, 5.74) is 0.758. The zero-order valence-electron chi connectivity index (χ0n) is 8.76. The van der Waals surface area contributed by atoms with Gasteiger partial charge >= 0.3 is 0 Å². The number of nitrogens with zero attached hydrogens (tertiary/aromatic N) is 1. The molecule has 1 unspecified atom stereocenters. The van der Waals surface area contributed by atoms with E-state index in [0.29, 0.717) is 6.04 Å². The molecule has 1 N–H and O–H groups in total. The zero-order chi connectivity index (χ0) is 10.4. The summed E-state index contributed by atoms with van der Waals surface area (Å²) in [4.78, 5) is 3.72. The van der Waals surface area contributed by atoms with E-state index in [0.717, 1.165) is 24.8 Å². The number of halogens is 1. The van der Waals surface area contributed by atoms with Gasteiger partial charge in [-0.2, -0.15) is 0 Å². The van der Waals surface area contributed by atoms with Gasteiger partial charge < -0.3 is 5.32 Å². The third-order valence-electron chi connectivity index (χ3n) is 2.52. The molecule has 1 aromatic rings. The summed E-state index contributed by atoms with van der Waals surface area (Å²) in [5, 5.41) is 3.20. The molecule has 0 aliphatic rings. The second-order valence-corrected chi connectivity index (χ2v) is 3.40. The van der Waals surface area contributed by atoms with Crippen molar-refractivity contribution in [3.63, 3.8) is 0 Å². The molecule has 0 saturated heterocycles. The molecule has 0 radical (unpaired) electrons. The Kier molecular flexibility index (Phi) is 4.53. The lowest BCUT2D eigenvalue weighted by atomic mass is 10.0. The number of nitrogens with one attached hydrogen (secondary N) is 1. The largest absolute Gasteiger partial charge is 0.317 e. The Morgan fingerprint density at radius 2 is 2.36 bits per heavy atom.